The molecule has 4 nitrogen and oxygen atoms in total. The molecule has 1 saturated carbocycles. The van der Waals surface area contributed by atoms with E-state index in [-0.39, 0.29) is 23.5 Å². The van der Waals surface area contributed by atoms with Crippen molar-refractivity contribution in [1.29, 1.82) is 0 Å². The van der Waals surface area contributed by atoms with Crippen LogP contribution in [0.2, 0.25) is 0 Å². The van der Waals surface area contributed by atoms with Crippen molar-refractivity contribution < 1.29 is 9.53 Å². The molecule has 1 heterocycles. The Morgan fingerprint density at radius 2 is 2.22 bits per heavy atom. The molecule has 1 saturated heterocycles. The maximum atomic E-state index is 12.6. The van der Waals surface area contributed by atoms with Crippen molar-refractivity contribution in [3.05, 3.63) is 0 Å². The lowest BCUT2D eigenvalue weighted by atomic mass is 9.75. The predicted octanol–water partition coefficient (Wildman–Crippen LogP) is 1.31. The number of amides is 1. The van der Waals surface area contributed by atoms with Crippen LogP contribution in [0.1, 0.15) is 39.5 Å². The number of nitrogens with one attached hydrogen (secondary N) is 2. The van der Waals surface area contributed by atoms with E-state index in [2.05, 4.69) is 24.5 Å². The van der Waals surface area contributed by atoms with Gasteiger partial charge in [-0.2, -0.15) is 0 Å². The lowest BCUT2D eigenvalue weighted by Crippen LogP contribution is -2.51. The van der Waals surface area contributed by atoms with E-state index >= 15 is 0 Å². The first-order valence-corrected chi connectivity index (χ1v) is 7.14. The first-order valence-electron chi connectivity index (χ1n) is 7.14. The number of hydrogen-bond donors (Lipinski definition) is 2. The molecular weight excluding hydrogens is 228 g/mol. The molecule has 2 aliphatic rings. The van der Waals surface area contributed by atoms with Crippen molar-refractivity contribution in [3.63, 3.8) is 0 Å². The molecule has 0 bridgehead atoms. The average Bonchev–Trinajstić information content (AvgIpc) is 2.97. The standard InChI is InChI=1S/C14H26N2O2/c1-10(2)14(7-8-15-9-14)13(17)16-11-5-4-6-12(11)18-3/h10-12,15H,4-9H2,1-3H3,(H,16,17). The lowest BCUT2D eigenvalue weighted by Gasteiger charge is -2.33. The third-order valence-electron chi connectivity index (χ3n) is 4.82. The Morgan fingerprint density at radius 1 is 1.44 bits per heavy atom. The Labute approximate surface area is 110 Å². The summed E-state index contributed by atoms with van der Waals surface area (Å²) in [5.41, 5.74) is -0.221. The summed E-state index contributed by atoms with van der Waals surface area (Å²) in [6, 6.07) is 0.207. The molecule has 3 unspecified atom stereocenters. The van der Waals surface area contributed by atoms with E-state index in [0.717, 1.165) is 38.8 Å². The van der Waals surface area contributed by atoms with Crippen LogP contribution in [0.15, 0.2) is 0 Å². The van der Waals surface area contributed by atoms with Crippen LogP contribution < -0.4 is 10.6 Å². The fraction of sp³-hybridized carbons (Fsp3) is 0.929. The Kier molecular flexibility index (Phi) is 4.28. The molecular formula is C14H26N2O2. The quantitative estimate of drug-likeness (QED) is 0.795. The van der Waals surface area contributed by atoms with E-state index in [1.54, 1.807) is 7.11 Å². The monoisotopic (exact) mass is 254 g/mol. The van der Waals surface area contributed by atoms with Crippen LogP contribution in [-0.2, 0) is 9.53 Å². The predicted molar refractivity (Wildman–Crippen MR) is 71.3 cm³/mol. The van der Waals surface area contributed by atoms with Gasteiger partial charge in [-0.3, -0.25) is 4.79 Å². The van der Waals surface area contributed by atoms with Gasteiger partial charge in [0.1, 0.15) is 0 Å². The van der Waals surface area contributed by atoms with Gasteiger partial charge < -0.3 is 15.4 Å². The molecule has 0 spiro atoms. The Morgan fingerprint density at radius 3 is 2.78 bits per heavy atom. The van der Waals surface area contributed by atoms with Gasteiger partial charge in [-0.05, 0) is 38.1 Å². The normalized spacial score (nSPS) is 36.2. The van der Waals surface area contributed by atoms with Crippen molar-refractivity contribution >= 4 is 5.91 Å². The summed E-state index contributed by atoms with van der Waals surface area (Å²) in [5.74, 6) is 0.589. The summed E-state index contributed by atoms with van der Waals surface area (Å²) in [6.45, 7) is 6.05. The maximum absolute atomic E-state index is 12.6. The highest BCUT2D eigenvalue weighted by Gasteiger charge is 2.45. The highest BCUT2D eigenvalue weighted by Crippen LogP contribution is 2.35. The van der Waals surface area contributed by atoms with Crippen molar-refractivity contribution in [1.82, 2.24) is 10.6 Å². The first-order chi connectivity index (χ1) is 8.60. The Hall–Kier alpha value is -0.610. The zero-order chi connectivity index (χ0) is 13.2. The van der Waals surface area contributed by atoms with Crippen LogP contribution in [0, 0.1) is 11.3 Å². The minimum Gasteiger partial charge on any atom is -0.379 e. The second-order valence-corrected chi connectivity index (χ2v) is 6.02. The summed E-state index contributed by atoms with van der Waals surface area (Å²) in [4.78, 5) is 12.6. The number of hydrogen-bond acceptors (Lipinski definition) is 3. The number of methoxy groups -OCH3 is 1. The van der Waals surface area contributed by atoms with Gasteiger partial charge in [0, 0.05) is 13.7 Å². The van der Waals surface area contributed by atoms with E-state index in [1.165, 1.54) is 0 Å². The summed E-state index contributed by atoms with van der Waals surface area (Å²) < 4.78 is 5.45. The molecule has 2 N–H and O–H groups in total. The smallest absolute Gasteiger partial charge is 0.228 e. The summed E-state index contributed by atoms with van der Waals surface area (Å²) in [7, 11) is 1.74. The topological polar surface area (TPSA) is 50.4 Å². The van der Waals surface area contributed by atoms with Crippen molar-refractivity contribution in [3.8, 4) is 0 Å². The number of rotatable bonds is 4. The number of carbonyl (C=O) groups excluding carboxylic acids is 1. The minimum absolute atomic E-state index is 0.201. The van der Waals surface area contributed by atoms with Gasteiger partial charge in [0.15, 0.2) is 0 Å². The van der Waals surface area contributed by atoms with Crippen LogP contribution >= 0.6 is 0 Å². The molecule has 1 aliphatic carbocycles. The van der Waals surface area contributed by atoms with Gasteiger partial charge in [0.2, 0.25) is 5.91 Å². The molecule has 3 atom stereocenters. The zero-order valence-electron chi connectivity index (χ0n) is 11.8. The lowest BCUT2D eigenvalue weighted by molar-refractivity contribution is -0.134. The summed E-state index contributed by atoms with van der Waals surface area (Å²) in [6.07, 6.45) is 4.41. The number of carbonyl (C=O) groups is 1. The van der Waals surface area contributed by atoms with E-state index in [9.17, 15) is 4.79 Å². The van der Waals surface area contributed by atoms with Crippen molar-refractivity contribution in [2.45, 2.75) is 51.7 Å². The molecule has 4 heteroatoms. The van der Waals surface area contributed by atoms with Crippen LogP contribution in [0.5, 0.6) is 0 Å². The summed E-state index contributed by atoms with van der Waals surface area (Å²) >= 11 is 0. The van der Waals surface area contributed by atoms with Gasteiger partial charge in [0.05, 0.1) is 17.6 Å². The van der Waals surface area contributed by atoms with Crippen molar-refractivity contribution in [2.75, 3.05) is 20.2 Å². The van der Waals surface area contributed by atoms with Gasteiger partial charge in [-0.1, -0.05) is 13.8 Å². The molecule has 2 rings (SSSR count). The van der Waals surface area contributed by atoms with E-state index in [1.807, 2.05) is 0 Å². The molecule has 18 heavy (non-hydrogen) atoms. The van der Waals surface area contributed by atoms with E-state index < -0.39 is 0 Å². The van der Waals surface area contributed by atoms with Gasteiger partial charge >= 0.3 is 0 Å². The highest BCUT2D eigenvalue weighted by atomic mass is 16.5. The van der Waals surface area contributed by atoms with E-state index in [0.29, 0.717) is 5.92 Å². The molecule has 0 aromatic heterocycles. The van der Waals surface area contributed by atoms with Crippen molar-refractivity contribution in [2.24, 2.45) is 11.3 Å². The molecule has 104 valence electrons. The van der Waals surface area contributed by atoms with Gasteiger partial charge in [-0.25, -0.2) is 0 Å². The van der Waals surface area contributed by atoms with Gasteiger partial charge in [0.25, 0.3) is 0 Å². The molecule has 2 fully saturated rings. The molecule has 0 radical (unpaired) electrons. The Bertz CT molecular complexity index is 298. The Balaban J connectivity index is 2.01. The van der Waals surface area contributed by atoms with Crippen LogP contribution in [-0.4, -0.2) is 38.3 Å². The fourth-order valence-electron chi connectivity index (χ4n) is 3.35. The van der Waals surface area contributed by atoms with Gasteiger partial charge in [-0.15, -0.1) is 0 Å². The number of ether oxygens (including phenoxy) is 1. The third kappa shape index (κ3) is 2.41. The van der Waals surface area contributed by atoms with Crippen LogP contribution in [0.4, 0.5) is 0 Å². The molecule has 0 aromatic rings. The second kappa shape index (κ2) is 5.57. The molecule has 1 aliphatic heterocycles. The fourth-order valence-corrected chi connectivity index (χ4v) is 3.35. The summed E-state index contributed by atoms with van der Waals surface area (Å²) in [5, 5.41) is 6.57. The third-order valence-corrected chi connectivity index (χ3v) is 4.82. The van der Waals surface area contributed by atoms with Crippen LogP contribution in [0.25, 0.3) is 0 Å². The maximum Gasteiger partial charge on any atom is 0.228 e. The second-order valence-electron chi connectivity index (χ2n) is 6.02. The van der Waals surface area contributed by atoms with E-state index in [4.69, 9.17) is 4.74 Å². The SMILES string of the molecule is COC1CCCC1NC(=O)C1(C(C)C)CCNC1. The average molecular weight is 254 g/mol. The first kappa shape index (κ1) is 13.8. The zero-order valence-corrected chi connectivity index (χ0v) is 11.8. The molecule has 1 amide bonds. The molecule has 0 aromatic carbocycles. The largest absolute Gasteiger partial charge is 0.379 e. The van der Waals surface area contributed by atoms with Crippen LogP contribution in [0.3, 0.4) is 0 Å². The highest BCUT2D eigenvalue weighted by molar-refractivity contribution is 5.84. The minimum atomic E-state index is -0.221.